The summed E-state index contributed by atoms with van der Waals surface area (Å²) in [4.78, 5) is 40.1. The first kappa shape index (κ1) is 20.0. The number of ether oxygens (including phenoxy) is 2. The van der Waals surface area contributed by atoms with E-state index in [0.29, 0.717) is 22.3 Å². The van der Waals surface area contributed by atoms with Crippen molar-refractivity contribution in [2.45, 2.75) is 6.92 Å². The Kier molecular flexibility index (Phi) is 6.53. The van der Waals surface area contributed by atoms with Gasteiger partial charge in [0.25, 0.3) is 0 Å². The SMILES string of the molecule is COC(=O)COc1ccc(NC(=O)N(C)CC(C)C(=O)O)c2cccnc12. The number of carbonyl (C=O) groups is 3. The normalized spacial score (nSPS) is 11.5. The van der Waals surface area contributed by atoms with E-state index in [1.807, 2.05) is 0 Å². The number of amides is 2. The minimum atomic E-state index is -0.976. The van der Waals surface area contributed by atoms with Gasteiger partial charge in [-0.25, -0.2) is 9.59 Å². The van der Waals surface area contributed by atoms with Gasteiger partial charge in [-0.05, 0) is 24.3 Å². The van der Waals surface area contributed by atoms with Gasteiger partial charge in [-0.2, -0.15) is 0 Å². The van der Waals surface area contributed by atoms with Gasteiger partial charge in [-0.1, -0.05) is 6.92 Å². The standard InChI is InChI=1S/C18H21N3O6/c1-11(17(23)24)9-21(2)18(25)20-13-6-7-14(27-10-15(22)26-3)16-12(13)5-4-8-19-16/h4-8,11H,9-10H2,1-3H3,(H,20,25)(H,23,24). The van der Waals surface area contributed by atoms with Crippen molar-refractivity contribution in [3.8, 4) is 5.75 Å². The first-order chi connectivity index (χ1) is 12.8. The number of fused-ring (bicyclic) bond motifs is 1. The minimum absolute atomic E-state index is 0.0671. The maximum atomic E-state index is 12.4. The van der Waals surface area contributed by atoms with Crippen LogP contribution in [-0.4, -0.2) is 60.3 Å². The number of nitrogens with one attached hydrogen (secondary N) is 1. The number of esters is 1. The molecule has 0 radical (unpaired) electrons. The van der Waals surface area contributed by atoms with E-state index in [0.717, 1.165) is 0 Å². The zero-order valence-electron chi connectivity index (χ0n) is 15.3. The minimum Gasteiger partial charge on any atom is -0.481 e. The molecule has 9 nitrogen and oxygen atoms in total. The quantitative estimate of drug-likeness (QED) is 0.710. The lowest BCUT2D eigenvalue weighted by Crippen LogP contribution is -2.36. The highest BCUT2D eigenvalue weighted by atomic mass is 16.6. The van der Waals surface area contributed by atoms with Gasteiger partial charge < -0.3 is 24.8 Å². The van der Waals surface area contributed by atoms with E-state index in [1.165, 1.54) is 26.0 Å². The molecule has 2 aromatic rings. The van der Waals surface area contributed by atoms with Crippen LogP contribution in [0.1, 0.15) is 6.92 Å². The summed E-state index contributed by atoms with van der Waals surface area (Å²) in [6.07, 6.45) is 1.57. The molecule has 2 N–H and O–H groups in total. The molecule has 2 amide bonds. The Balaban J connectivity index is 2.20. The van der Waals surface area contributed by atoms with E-state index in [-0.39, 0.29) is 13.2 Å². The molecule has 1 heterocycles. The lowest BCUT2D eigenvalue weighted by atomic mass is 10.1. The number of aliphatic carboxylic acids is 1. The maximum absolute atomic E-state index is 12.4. The molecule has 2 rings (SSSR count). The topological polar surface area (TPSA) is 118 Å². The molecule has 1 atom stereocenters. The van der Waals surface area contributed by atoms with Gasteiger partial charge in [-0.3, -0.25) is 9.78 Å². The van der Waals surface area contributed by atoms with Gasteiger partial charge in [0.15, 0.2) is 6.61 Å². The number of methoxy groups -OCH3 is 1. The fourth-order valence-electron chi connectivity index (χ4n) is 2.35. The number of aromatic nitrogens is 1. The number of carboxylic acid groups (broad SMARTS) is 1. The summed E-state index contributed by atoms with van der Waals surface area (Å²) in [6, 6.07) is 6.23. The van der Waals surface area contributed by atoms with Gasteiger partial charge in [0.1, 0.15) is 11.3 Å². The van der Waals surface area contributed by atoms with Crippen molar-refractivity contribution in [1.29, 1.82) is 0 Å². The zero-order valence-corrected chi connectivity index (χ0v) is 15.3. The van der Waals surface area contributed by atoms with Crippen LogP contribution in [-0.2, 0) is 14.3 Å². The number of carboxylic acids is 1. The predicted molar refractivity (Wildman–Crippen MR) is 97.7 cm³/mol. The van der Waals surface area contributed by atoms with Crippen LogP contribution in [0.5, 0.6) is 5.75 Å². The summed E-state index contributed by atoms with van der Waals surface area (Å²) >= 11 is 0. The van der Waals surface area contributed by atoms with Crippen molar-refractivity contribution in [3.63, 3.8) is 0 Å². The smallest absolute Gasteiger partial charge is 0.343 e. The highest BCUT2D eigenvalue weighted by Crippen LogP contribution is 2.30. The Labute approximate surface area is 155 Å². The van der Waals surface area contributed by atoms with Crippen LogP contribution in [0.3, 0.4) is 0 Å². The molecule has 0 aliphatic carbocycles. The van der Waals surface area contributed by atoms with Crippen LogP contribution in [0.2, 0.25) is 0 Å². The molecule has 1 unspecified atom stereocenters. The monoisotopic (exact) mass is 375 g/mol. The molecular weight excluding hydrogens is 354 g/mol. The third kappa shape index (κ3) is 5.06. The summed E-state index contributed by atoms with van der Waals surface area (Å²) in [7, 11) is 2.78. The molecule has 1 aromatic heterocycles. The third-order valence-corrected chi connectivity index (χ3v) is 3.86. The van der Waals surface area contributed by atoms with E-state index in [2.05, 4.69) is 15.0 Å². The summed E-state index contributed by atoms with van der Waals surface area (Å²) in [5, 5.41) is 12.3. The number of hydrogen-bond donors (Lipinski definition) is 2. The van der Waals surface area contributed by atoms with E-state index in [9.17, 15) is 14.4 Å². The Morgan fingerprint density at radius 3 is 2.70 bits per heavy atom. The van der Waals surface area contributed by atoms with Crippen LogP contribution in [0.4, 0.5) is 10.5 Å². The van der Waals surface area contributed by atoms with Crippen LogP contribution in [0, 0.1) is 5.92 Å². The summed E-state index contributed by atoms with van der Waals surface area (Å²) in [6.45, 7) is 1.33. The molecule has 1 aromatic carbocycles. The lowest BCUT2D eigenvalue weighted by molar-refractivity contribution is -0.143. The second-order valence-electron chi connectivity index (χ2n) is 5.93. The number of nitrogens with zero attached hydrogens (tertiary/aromatic N) is 2. The van der Waals surface area contributed by atoms with Crippen LogP contribution in [0.15, 0.2) is 30.5 Å². The molecule has 144 valence electrons. The molecule has 0 aliphatic heterocycles. The van der Waals surface area contributed by atoms with E-state index < -0.39 is 23.9 Å². The Morgan fingerprint density at radius 1 is 1.30 bits per heavy atom. The van der Waals surface area contributed by atoms with Crippen molar-refractivity contribution in [1.82, 2.24) is 9.88 Å². The molecule has 0 saturated heterocycles. The third-order valence-electron chi connectivity index (χ3n) is 3.86. The molecule has 27 heavy (non-hydrogen) atoms. The van der Waals surface area contributed by atoms with Gasteiger partial charge in [-0.15, -0.1) is 0 Å². The Hall–Kier alpha value is -3.36. The van der Waals surface area contributed by atoms with Crippen molar-refractivity contribution >= 4 is 34.6 Å². The summed E-state index contributed by atoms with van der Waals surface area (Å²) in [5.41, 5.74) is 0.962. The van der Waals surface area contributed by atoms with Crippen LogP contribution < -0.4 is 10.1 Å². The molecule has 0 spiro atoms. The second-order valence-corrected chi connectivity index (χ2v) is 5.93. The Bertz CT molecular complexity index is 854. The fourth-order valence-corrected chi connectivity index (χ4v) is 2.35. The van der Waals surface area contributed by atoms with Crippen molar-refractivity contribution in [2.24, 2.45) is 5.92 Å². The maximum Gasteiger partial charge on any atom is 0.343 e. The summed E-state index contributed by atoms with van der Waals surface area (Å²) in [5.74, 6) is -1.81. The molecule has 0 fully saturated rings. The van der Waals surface area contributed by atoms with E-state index in [4.69, 9.17) is 9.84 Å². The average molecular weight is 375 g/mol. The molecule has 0 aliphatic rings. The number of rotatable bonds is 7. The lowest BCUT2D eigenvalue weighted by Gasteiger charge is -2.20. The van der Waals surface area contributed by atoms with Crippen molar-refractivity contribution < 1.29 is 29.0 Å². The van der Waals surface area contributed by atoms with Crippen LogP contribution >= 0.6 is 0 Å². The van der Waals surface area contributed by atoms with Gasteiger partial charge in [0.2, 0.25) is 0 Å². The van der Waals surface area contributed by atoms with E-state index in [1.54, 1.807) is 30.5 Å². The number of urea groups is 1. The largest absolute Gasteiger partial charge is 0.481 e. The first-order valence-electron chi connectivity index (χ1n) is 8.15. The highest BCUT2D eigenvalue weighted by molar-refractivity contribution is 6.02. The highest BCUT2D eigenvalue weighted by Gasteiger charge is 2.18. The first-order valence-corrected chi connectivity index (χ1v) is 8.15. The second kappa shape index (κ2) is 8.84. The van der Waals surface area contributed by atoms with Gasteiger partial charge in [0.05, 0.1) is 18.7 Å². The number of carbonyl (C=O) groups excluding carboxylic acids is 2. The van der Waals surface area contributed by atoms with E-state index >= 15 is 0 Å². The predicted octanol–water partition coefficient (Wildman–Crippen LogP) is 1.97. The Morgan fingerprint density at radius 2 is 2.04 bits per heavy atom. The number of anilines is 1. The number of benzene rings is 1. The molecular formula is C18H21N3O6. The summed E-state index contributed by atoms with van der Waals surface area (Å²) < 4.78 is 9.98. The van der Waals surface area contributed by atoms with Crippen LogP contribution in [0.25, 0.3) is 10.9 Å². The van der Waals surface area contributed by atoms with Gasteiger partial charge >= 0.3 is 18.0 Å². The molecule has 0 saturated carbocycles. The zero-order chi connectivity index (χ0) is 20.0. The molecule has 9 heteroatoms. The fraction of sp³-hybridized carbons (Fsp3) is 0.333. The number of pyridine rings is 1. The van der Waals surface area contributed by atoms with Crippen molar-refractivity contribution in [2.75, 3.05) is 32.6 Å². The number of hydrogen-bond acceptors (Lipinski definition) is 6. The average Bonchev–Trinajstić information content (AvgIpc) is 2.66. The van der Waals surface area contributed by atoms with Gasteiger partial charge in [0, 0.05) is 25.2 Å². The van der Waals surface area contributed by atoms with Crippen molar-refractivity contribution in [3.05, 3.63) is 30.5 Å². The molecule has 0 bridgehead atoms.